The number of amides is 2. The second kappa shape index (κ2) is 9.36. The van der Waals surface area contributed by atoms with Crippen molar-refractivity contribution in [3.8, 4) is 0 Å². The van der Waals surface area contributed by atoms with Crippen LogP contribution in [-0.4, -0.2) is 17.9 Å². The topological polar surface area (TPSA) is 84.2 Å². The van der Waals surface area contributed by atoms with Crippen LogP contribution >= 0.6 is 12.4 Å². The van der Waals surface area contributed by atoms with Crippen LogP contribution in [0.1, 0.15) is 36.0 Å². The SMILES string of the molecule is Cl.NC1CCCC(C(=O)Nc2ccc(C(=O)Nc3ccccc3)cc2)C1. The Hall–Kier alpha value is -2.37. The Morgan fingerprint density at radius 2 is 1.54 bits per heavy atom. The van der Waals surface area contributed by atoms with Crippen LogP contribution < -0.4 is 16.4 Å². The summed E-state index contributed by atoms with van der Waals surface area (Å²) in [7, 11) is 0. The van der Waals surface area contributed by atoms with E-state index in [-0.39, 0.29) is 36.2 Å². The van der Waals surface area contributed by atoms with Gasteiger partial charge in [0.05, 0.1) is 0 Å². The van der Waals surface area contributed by atoms with Gasteiger partial charge in [0.2, 0.25) is 5.91 Å². The largest absolute Gasteiger partial charge is 0.328 e. The summed E-state index contributed by atoms with van der Waals surface area (Å²) in [6.45, 7) is 0. The van der Waals surface area contributed by atoms with Crippen LogP contribution in [0.3, 0.4) is 0 Å². The normalized spacial score (nSPS) is 19.1. The number of nitrogens with one attached hydrogen (secondary N) is 2. The molecule has 0 radical (unpaired) electrons. The van der Waals surface area contributed by atoms with Gasteiger partial charge in [-0.3, -0.25) is 9.59 Å². The van der Waals surface area contributed by atoms with Crippen molar-refractivity contribution in [2.24, 2.45) is 11.7 Å². The third-order valence-corrected chi connectivity index (χ3v) is 4.53. The molecule has 1 aliphatic rings. The average Bonchev–Trinajstić information content (AvgIpc) is 2.63. The highest BCUT2D eigenvalue weighted by atomic mass is 35.5. The fourth-order valence-corrected chi connectivity index (χ4v) is 3.14. The minimum absolute atomic E-state index is 0. The lowest BCUT2D eigenvalue weighted by Gasteiger charge is -2.25. The first-order valence-electron chi connectivity index (χ1n) is 8.65. The number of benzene rings is 2. The van der Waals surface area contributed by atoms with Crippen LogP contribution in [0.15, 0.2) is 54.6 Å². The van der Waals surface area contributed by atoms with Gasteiger partial charge >= 0.3 is 0 Å². The molecule has 1 fully saturated rings. The van der Waals surface area contributed by atoms with E-state index in [1.54, 1.807) is 24.3 Å². The number of nitrogens with two attached hydrogens (primary N) is 1. The van der Waals surface area contributed by atoms with Crippen molar-refractivity contribution in [3.63, 3.8) is 0 Å². The molecule has 1 saturated carbocycles. The predicted molar refractivity (Wildman–Crippen MR) is 107 cm³/mol. The Balaban J connectivity index is 0.00000243. The van der Waals surface area contributed by atoms with Gasteiger partial charge in [-0.2, -0.15) is 0 Å². The average molecular weight is 374 g/mol. The van der Waals surface area contributed by atoms with Crippen LogP contribution in [0.4, 0.5) is 11.4 Å². The molecule has 5 nitrogen and oxygen atoms in total. The maximum atomic E-state index is 12.3. The van der Waals surface area contributed by atoms with Gasteiger partial charge < -0.3 is 16.4 Å². The molecular weight excluding hydrogens is 350 g/mol. The minimum atomic E-state index is -0.178. The van der Waals surface area contributed by atoms with E-state index in [2.05, 4.69) is 10.6 Å². The van der Waals surface area contributed by atoms with Crippen LogP contribution in [0.25, 0.3) is 0 Å². The summed E-state index contributed by atoms with van der Waals surface area (Å²) < 4.78 is 0. The zero-order valence-electron chi connectivity index (χ0n) is 14.5. The zero-order chi connectivity index (χ0) is 17.6. The van der Waals surface area contributed by atoms with Gasteiger partial charge in [0, 0.05) is 28.9 Å². The molecule has 0 saturated heterocycles. The van der Waals surface area contributed by atoms with E-state index in [1.165, 1.54) is 0 Å². The number of rotatable bonds is 4. The van der Waals surface area contributed by atoms with E-state index >= 15 is 0 Å². The molecule has 0 aliphatic heterocycles. The molecule has 2 unspecified atom stereocenters. The van der Waals surface area contributed by atoms with Crippen molar-refractivity contribution < 1.29 is 9.59 Å². The van der Waals surface area contributed by atoms with Crippen LogP contribution in [0.2, 0.25) is 0 Å². The molecule has 2 atom stereocenters. The number of hydrogen-bond donors (Lipinski definition) is 3. The van der Waals surface area contributed by atoms with Gasteiger partial charge in [-0.15, -0.1) is 12.4 Å². The molecule has 0 aromatic heterocycles. The summed E-state index contributed by atoms with van der Waals surface area (Å²) in [5, 5.41) is 5.76. The Morgan fingerprint density at radius 1 is 0.885 bits per heavy atom. The third kappa shape index (κ3) is 5.31. The highest BCUT2D eigenvalue weighted by Crippen LogP contribution is 2.24. The van der Waals surface area contributed by atoms with Crippen molar-refractivity contribution in [1.82, 2.24) is 0 Å². The minimum Gasteiger partial charge on any atom is -0.328 e. The van der Waals surface area contributed by atoms with Crippen LogP contribution in [-0.2, 0) is 4.79 Å². The third-order valence-electron chi connectivity index (χ3n) is 4.53. The Bertz CT molecular complexity index is 734. The molecule has 0 bridgehead atoms. The van der Waals surface area contributed by atoms with Gasteiger partial charge in [-0.1, -0.05) is 24.6 Å². The second-order valence-electron chi connectivity index (χ2n) is 6.51. The lowest BCUT2D eigenvalue weighted by molar-refractivity contribution is -0.120. The highest BCUT2D eigenvalue weighted by Gasteiger charge is 2.25. The first-order valence-corrected chi connectivity index (χ1v) is 8.65. The van der Waals surface area contributed by atoms with E-state index < -0.39 is 0 Å². The molecule has 2 aromatic rings. The Kier molecular flexibility index (Phi) is 7.18. The zero-order valence-corrected chi connectivity index (χ0v) is 15.3. The second-order valence-corrected chi connectivity index (χ2v) is 6.51. The Morgan fingerprint density at radius 3 is 2.19 bits per heavy atom. The lowest BCUT2D eigenvalue weighted by atomic mass is 9.85. The van der Waals surface area contributed by atoms with E-state index in [9.17, 15) is 9.59 Å². The molecule has 0 heterocycles. The monoisotopic (exact) mass is 373 g/mol. The molecule has 2 amide bonds. The van der Waals surface area contributed by atoms with Crippen molar-refractivity contribution >= 4 is 35.6 Å². The quantitative estimate of drug-likeness (QED) is 0.761. The fourth-order valence-electron chi connectivity index (χ4n) is 3.14. The number of para-hydroxylation sites is 1. The van der Waals surface area contributed by atoms with Crippen LogP contribution in [0, 0.1) is 5.92 Å². The Labute approximate surface area is 159 Å². The van der Waals surface area contributed by atoms with E-state index in [0.29, 0.717) is 11.3 Å². The molecular formula is C20H24ClN3O2. The van der Waals surface area contributed by atoms with Crippen LogP contribution in [0.5, 0.6) is 0 Å². The fraction of sp³-hybridized carbons (Fsp3) is 0.300. The van der Waals surface area contributed by atoms with E-state index in [1.807, 2.05) is 30.3 Å². The molecule has 26 heavy (non-hydrogen) atoms. The summed E-state index contributed by atoms with van der Waals surface area (Å²) in [6.07, 6.45) is 3.62. The molecule has 4 N–H and O–H groups in total. The maximum Gasteiger partial charge on any atom is 0.255 e. The smallest absolute Gasteiger partial charge is 0.255 e. The van der Waals surface area contributed by atoms with Crippen molar-refractivity contribution in [3.05, 3.63) is 60.2 Å². The maximum absolute atomic E-state index is 12.3. The van der Waals surface area contributed by atoms with Gasteiger partial charge in [0.15, 0.2) is 0 Å². The molecule has 1 aliphatic carbocycles. The van der Waals surface area contributed by atoms with Crippen molar-refractivity contribution in [2.45, 2.75) is 31.7 Å². The molecule has 2 aromatic carbocycles. The molecule has 6 heteroatoms. The lowest BCUT2D eigenvalue weighted by Crippen LogP contribution is -2.34. The first-order chi connectivity index (χ1) is 12.1. The van der Waals surface area contributed by atoms with Gasteiger partial charge in [-0.05, 0) is 55.7 Å². The predicted octanol–water partition coefficient (Wildman–Crippen LogP) is 3.82. The number of anilines is 2. The van der Waals surface area contributed by atoms with Crippen molar-refractivity contribution in [1.29, 1.82) is 0 Å². The number of hydrogen-bond acceptors (Lipinski definition) is 3. The number of halogens is 1. The van der Waals surface area contributed by atoms with E-state index in [4.69, 9.17) is 5.73 Å². The standard InChI is InChI=1S/C20H23N3O2.ClH/c21-16-6-4-5-15(13-16)20(25)23-18-11-9-14(10-12-18)19(24)22-17-7-2-1-3-8-17;/h1-3,7-12,15-16H,4-6,13,21H2,(H,22,24)(H,23,25);1H. The molecule has 0 spiro atoms. The van der Waals surface area contributed by atoms with Gasteiger partial charge in [0.25, 0.3) is 5.91 Å². The summed E-state index contributed by atoms with van der Waals surface area (Å²) in [6, 6.07) is 16.3. The number of carbonyl (C=O) groups is 2. The number of carbonyl (C=O) groups excluding carboxylic acids is 2. The van der Waals surface area contributed by atoms with E-state index in [0.717, 1.165) is 31.4 Å². The summed E-state index contributed by atoms with van der Waals surface area (Å²) in [4.78, 5) is 24.5. The molecule has 3 rings (SSSR count). The van der Waals surface area contributed by atoms with Crippen molar-refractivity contribution in [2.75, 3.05) is 10.6 Å². The van der Waals surface area contributed by atoms with Gasteiger partial charge in [0.1, 0.15) is 0 Å². The molecule has 138 valence electrons. The summed E-state index contributed by atoms with van der Waals surface area (Å²) in [5.41, 5.74) is 7.93. The van der Waals surface area contributed by atoms with Gasteiger partial charge in [-0.25, -0.2) is 0 Å². The summed E-state index contributed by atoms with van der Waals surface area (Å²) >= 11 is 0. The summed E-state index contributed by atoms with van der Waals surface area (Å²) in [5.74, 6) is -0.191. The first kappa shape index (κ1) is 19.9. The highest BCUT2D eigenvalue weighted by molar-refractivity contribution is 6.04.